The number of likely N-dealkylation sites (tertiary alicyclic amines) is 1. The molecule has 1 aromatic carbocycles. The van der Waals surface area contributed by atoms with Crippen molar-refractivity contribution < 1.29 is 18.0 Å². The average molecular weight is 296 g/mol. The van der Waals surface area contributed by atoms with Crippen LogP contribution in [-0.2, 0) is 17.4 Å². The van der Waals surface area contributed by atoms with Gasteiger partial charge in [-0.1, -0.05) is 18.2 Å². The summed E-state index contributed by atoms with van der Waals surface area (Å²) >= 11 is 0. The fraction of sp³-hybridized carbons (Fsp3) is 0.467. The zero-order chi connectivity index (χ0) is 15.5. The van der Waals surface area contributed by atoms with E-state index >= 15 is 0 Å². The summed E-state index contributed by atoms with van der Waals surface area (Å²) in [4.78, 5) is 13.6. The van der Waals surface area contributed by atoms with Crippen molar-refractivity contribution in [3.8, 4) is 6.07 Å². The van der Waals surface area contributed by atoms with Crippen LogP contribution in [0.4, 0.5) is 13.2 Å². The van der Waals surface area contributed by atoms with Crippen LogP contribution in [0.5, 0.6) is 0 Å². The molecule has 0 N–H and O–H groups in total. The third-order valence-electron chi connectivity index (χ3n) is 3.62. The maximum absolute atomic E-state index is 12.9. The van der Waals surface area contributed by atoms with Crippen molar-refractivity contribution in [3.63, 3.8) is 0 Å². The molecule has 0 spiro atoms. The number of hydrogen-bond acceptors (Lipinski definition) is 2. The van der Waals surface area contributed by atoms with Gasteiger partial charge < -0.3 is 4.90 Å². The maximum atomic E-state index is 12.9. The molecule has 0 bridgehead atoms. The molecule has 1 aromatic rings. The summed E-state index contributed by atoms with van der Waals surface area (Å²) in [6, 6.07) is 7.22. The van der Waals surface area contributed by atoms with Gasteiger partial charge in [-0.05, 0) is 24.5 Å². The number of amides is 1. The van der Waals surface area contributed by atoms with Crippen molar-refractivity contribution in [1.29, 1.82) is 5.26 Å². The number of nitrogens with zero attached hydrogens (tertiary/aromatic N) is 2. The van der Waals surface area contributed by atoms with Gasteiger partial charge in [0, 0.05) is 13.1 Å². The standard InChI is InChI=1S/C15H15F3N2O/c16-15(17,18)13-6-2-1-5-12(13)8-14(21)20-7-3-4-11(9-19)10-20/h1-2,5-6,11H,3-4,7-8,10H2/t11-/m1/s1. The van der Waals surface area contributed by atoms with Crippen LogP contribution in [0.3, 0.4) is 0 Å². The van der Waals surface area contributed by atoms with E-state index in [1.54, 1.807) is 0 Å². The zero-order valence-electron chi connectivity index (χ0n) is 11.4. The Hall–Kier alpha value is -2.03. The lowest BCUT2D eigenvalue weighted by atomic mass is 9.98. The first-order chi connectivity index (χ1) is 9.91. The molecular formula is C15H15F3N2O. The minimum atomic E-state index is -4.46. The highest BCUT2D eigenvalue weighted by Gasteiger charge is 2.34. The topological polar surface area (TPSA) is 44.1 Å². The molecule has 21 heavy (non-hydrogen) atoms. The van der Waals surface area contributed by atoms with Gasteiger partial charge in [0.1, 0.15) is 0 Å². The number of nitriles is 1. The van der Waals surface area contributed by atoms with E-state index in [1.165, 1.54) is 23.1 Å². The van der Waals surface area contributed by atoms with E-state index in [2.05, 4.69) is 6.07 Å². The van der Waals surface area contributed by atoms with Crippen molar-refractivity contribution in [1.82, 2.24) is 4.90 Å². The highest BCUT2D eigenvalue weighted by atomic mass is 19.4. The van der Waals surface area contributed by atoms with E-state index in [4.69, 9.17) is 5.26 Å². The third kappa shape index (κ3) is 3.75. The Balaban J connectivity index is 2.12. The lowest BCUT2D eigenvalue weighted by Gasteiger charge is -2.30. The predicted molar refractivity (Wildman–Crippen MR) is 70.1 cm³/mol. The summed E-state index contributed by atoms with van der Waals surface area (Å²) in [5, 5.41) is 8.89. The number of carbonyl (C=O) groups excluding carboxylic acids is 1. The van der Waals surface area contributed by atoms with Crippen molar-refractivity contribution >= 4 is 5.91 Å². The molecule has 1 heterocycles. The van der Waals surface area contributed by atoms with Crippen LogP contribution in [0.15, 0.2) is 24.3 Å². The normalized spacial score (nSPS) is 19.1. The minimum Gasteiger partial charge on any atom is -0.341 e. The first kappa shape index (κ1) is 15.4. The van der Waals surface area contributed by atoms with Gasteiger partial charge in [0.05, 0.1) is 24.0 Å². The van der Waals surface area contributed by atoms with Crippen LogP contribution in [0, 0.1) is 17.2 Å². The van der Waals surface area contributed by atoms with Gasteiger partial charge in [-0.2, -0.15) is 18.4 Å². The SMILES string of the molecule is N#C[C@H]1CCCN(C(=O)Cc2ccccc2C(F)(F)F)C1. The Morgan fingerprint density at radius 1 is 1.38 bits per heavy atom. The van der Waals surface area contributed by atoms with Crippen LogP contribution in [0.1, 0.15) is 24.0 Å². The summed E-state index contributed by atoms with van der Waals surface area (Å²) in [5.74, 6) is -0.577. The number of benzene rings is 1. The van der Waals surface area contributed by atoms with Crippen molar-refractivity contribution in [3.05, 3.63) is 35.4 Å². The Labute approximate surface area is 121 Å². The average Bonchev–Trinajstić information content (AvgIpc) is 2.46. The predicted octanol–water partition coefficient (Wildman–Crippen LogP) is 3.01. The number of rotatable bonds is 2. The van der Waals surface area contributed by atoms with Gasteiger partial charge >= 0.3 is 6.18 Å². The van der Waals surface area contributed by atoms with E-state index in [0.29, 0.717) is 19.5 Å². The second kappa shape index (κ2) is 6.17. The molecule has 0 unspecified atom stereocenters. The van der Waals surface area contributed by atoms with Gasteiger partial charge in [0.15, 0.2) is 0 Å². The molecule has 0 aromatic heterocycles. The molecule has 1 saturated heterocycles. The molecule has 1 atom stereocenters. The monoisotopic (exact) mass is 296 g/mol. The molecule has 0 radical (unpaired) electrons. The van der Waals surface area contributed by atoms with Crippen molar-refractivity contribution in [2.24, 2.45) is 5.92 Å². The first-order valence-electron chi connectivity index (χ1n) is 6.74. The summed E-state index contributed by atoms with van der Waals surface area (Å²) in [7, 11) is 0. The Morgan fingerprint density at radius 3 is 2.76 bits per heavy atom. The van der Waals surface area contributed by atoms with Gasteiger partial charge in [0.25, 0.3) is 0 Å². The third-order valence-corrected chi connectivity index (χ3v) is 3.62. The second-order valence-electron chi connectivity index (χ2n) is 5.14. The lowest BCUT2D eigenvalue weighted by Crippen LogP contribution is -2.40. The van der Waals surface area contributed by atoms with Gasteiger partial charge in [-0.25, -0.2) is 0 Å². The largest absolute Gasteiger partial charge is 0.416 e. The Bertz CT molecular complexity index is 563. The molecule has 0 saturated carbocycles. The van der Waals surface area contributed by atoms with Crippen molar-refractivity contribution in [2.45, 2.75) is 25.4 Å². The van der Waals surface area contributed by atoms with Crippen LogP contribution >= 0.6 is 0 Å². The van der Waals surface area contributed by atoms with Crippen molar-refractivity contribution in [2.75, 3.05) is 13.1 Å². The maximum Gasteiger partial charge on any atom is 0.416 e. The fourth-order valence-electron chi connectivity index (χ4n) is 2.53. The molecule has 3 nitrogen and oxygen atoms in total. The summed E-state index contributed by atoms with van der Waals surface area (Å²) in [6.07, 6.45) is -3.30. The highest BCUT2D eigenvalue weighted by molar-refractivity contribution is 5.79. The number of alkyl halides is 3. The number of piperidine rings is 1. The molecule has 1 amide bonds. The first-order valence-corrected chi connectivity index (χ1v) is 6.74. The van der Waals surface area contributed by atoms with Gasteiger partial charge in [-0.15, -0.1) is 0 Å². The molecule has 112 valence electrons. The second-order valence-corrected chi connectivity index (χ2v) is 5.14. The van der Waals surface area contributed by atoms with Crippen LogP contribution in [0.2, 0.25) is 0 Å². The van der Waals surface area contributed by atoms with E-state index in [9.17, 15) is 18.0 Å². The van der Waals surface area contributed by atoms with E-state index < -0.39 is 11.7 Å². The van der Waals surface area contributed by atoms with Gasteiger partial charge in [-0.3, -0.25) is 4.79 Å². The van der Waals surface area contributed by atoms with Gasteiger partial charge in [0.2, 0.25) is 5.91 Å². The van der Waals surface area contributed by atoms with E-state index in [1.807, 2.05) is 0 Å². The summed E-state index contributed by atoms with van der Waals surface area (Å²) < 4.78 is 38.7. The quantitative estimate of drug-likeness (QED) is 0.842. The zero-order valence-corrected chi connectivity index (χ0v) is 11.4. The van der Waals surface area contributed by atoms with E-state index in [0.717, 1.165) is 12.5 Å². The number of hydrogen-bond donors (Lipinski definition) is 0. The molecule has 1 aliphatic rings. The lowest BCUT2D eigenvalue weighted by molar-refractivity contribution is -0.138. The molecule has 1 aliphatic heterocycles. The van der Waals surface area contributed by atoms with Crippen LogP contribution < -0.4 is 0 Å². The number of carbonyl (C=O) groups is 1. The van der Waals surface area contributed by atoms with Crippen LogP contribution in [0.25, 0.3) is 0 Å². The summed E-state index contributed by atoms with van der Waals surface area (Å²) in [6.45, 7) is 0.814. The molecule has 1 fully saturated rings. The van der Waals surface area contributed by atoms with E-state index in [-0.39, 0.29) is 23.8 Å². The Morgan fingerprint density at radius 2 is 2.10 bits per heavy atom. The van der Waals surface area contributed by atoms with Crippen LogP contribution in [-0.4, -0.2) is 23.9 Å². The minimum absolute atomic E-state index is 0.0194. The fourth-order valence-corrected chi connectivity index (χ4v) is 2.53. The highest BCUT2D eigenvalue weighted by Crippen LogP contribution is 2.32. The number of halogens is 3. The Kier molecular flexibility index (Phi) is 4.51. The molecule has 0 aliphatic carbocycles. The smallest absolute Gasteiger partial charge is 0.341 e. The summed E-state index contributed by atoms with van der Waals surface area (Å²) in [5.41, 5.74) is -0.790. The molecule has 6 heteroatoms. The molecular weight excluding hydrogens is 281 g/mol. The molecule has 2 rings (SSSR count).